The van der Waals surface area contributed by atoms with E-state index in [1.54, 1.807) is 12.1 Å². The second-order valence-corrected chi connectivity index (χ2v) is 7.10. The molecule has 2 saturated carbocycles. The van der Waals surface area contributed by atoms with Crippen molar-refractivity contribution < 1.29 is 22.7 Å². The molecular weight excluding hydrogens is 347 g/mol. The summed E-state index contributed by atoms with van der Waals surface area (Å²) >= 11 is 0. The topological polar surface area (TPSA) is 67.9 Å². The van der Waals surface area contributed by atoms with E-state index in [9.17, 15) is 18.0 Å². The van der Waals surface area contributed by atoms with E-state index in [0.29, 0.717) is 18.2 Å². The summed E-state index contributed by atoms with van der Waals surface area (Å²) < 4.78 is 44.3. The van der Waals surface area contributed by atoms with Crippen molar-refractivity contribution in [2.45, 2.75) is 44.2 Å². The van der Waals surface area contributed by atoms with Crippen LogP contribution in [0.3, 0.4) is 0 Å². The molecule has 2 aliphatic carbocycles. The lowest BCUT2D eigenvalue weighted by atomic mass is 9.69. The number of H-pyrrole nitrogens is 1. The van der Waals surface area contributed by atoms with Crippen LogP contribution in [0, 0.1) is 5.41 Å². The fourth-order valence-corrected chi connectivity index (χ4v) is 3.10. The van der Waals surface area contributed by atoms with E-state index in [4.69, 9.17) is 4.74 Å². The summed E-state index contributed by atoms with van der Waals surface area (Å²) in [6, 6.07) is 6.37. The number of aromatic amines is 1. The molecule has 1 heterocycles. The molecule has 1 N–H and O–H groups in total. The summed E-state index contributed by atoms with van der Waals surface area (Å²) in [6.45, 7) is -0.622. The van der Waals surface area contributed by atoms with E-state index in [1.165, 1.54) is 12.1 Å². The third-order valence-electron chi connectivity index (χ3n) is 5.24. The quantitative estimate of drug-likeness (QED) is 0.805. The van der Waals surface area contributed by atoms with Gasteiger partial charge in [-0.3, -0.25) is 5.10 Å². The molecule has 138 valence electrons. The van der Waals surface area contributed by atoms with Crippen molar-refractivity contribution in [3.8, 4) is 11.4 Å². The van der Waals surface area contributed by atoms with Crippen molar-refractivity contribution >= 4 is 5.97 Å². The molecule has 0 atom stereocenters. The van der Waals surface area contributed by atoms with Crippen LogP contribution in [0.15, 0.2) is 24.3 Å². The van der Waals surface area contributed by atoms with Crippen LogP contribution in [0.2, 0.25) is 0 Å². The highest BCUT2D eigenvalue weighted by Crippen LogP contribution is 2.53. The summed E-state index contributed by atoms with van der Waals surface area (Å²) in [7, 11) is 0. The monoisotopic (exact) mass is 365 g/mol. The Labute approximate surface area is 148 Å². The standard InChI is InChI=1S/C18H18F3N3O2/c19-18(20,21)17(8-1-9-17)10-26-16(25)13-6-4-12(5-7-13)15-22-14(23-24-15)11-2-3-11/h4-7,11H,1-3,8-10H2,(H,22,23,24). The fourth-order valence-electron chi connectivity index (χ4n) is 3.10. The Morgan fingerprint density at radius 1 is 1.23 bits per heavy atom. The summed E-state index contributed by atoms with van der Waals surface area (Å²) in [5.74, 6) is 1.11. The Balaban J connectivity index is 1.40. The van der Waals surface area contributed by atoms with Crippen molar-refractivity contribution in [1.29, 1.82) is 0 Å². The molecule has 2 aromatic rings. The van der Waals surface area contributed by atoms with Gasteiger partial charge in [0.2, 0.25) is 0 Å². The highest BCUT2D eigenvalue weighted by atomic mass is 19.4. The maximum Gasteiger partial charge on any atom is 0.397 e. The van der Waals surface area contributed by atoms with Gasteiger partial charge in [-0.25, -0.2) is 9.78 Å². The van der Waals surface area contributed by atoms with Crippen LogP contribution in [0.1, 0.15) is 54.2 Å². The molecule has 2 aliphatic rings. The van der Waals surface area contributed by atoms with Crippen molar-refractivity contribution in [3.05, 3.63) is 35.7 Å². The summed E-state index contributed by atoms with van der Waals surface area (Å²) in [5, 5.41) is 7.07. The first-order chi connectivity index (χ1) is 12.4. The lowest BCUT2D eigenvalue weighted by Gasteiger charge is -2.42. The van der Waals surface area contributed by atoms with Crippen molar-refractivity contribution in [2.75, 3.05) is 6.61 Å². The predicted octanol–water partition coefficient (Wildman–Crippen LogP) is 4.24. The number of benzene rings is 1. The van der Waals surface area contributed by atoms with Gasteiger partial charge in [0.1, 0.15) is 17.8 Å². The average molecular weight is 365 g/mol. The average Bonchev–Trinajstić information content (AvgIpc) is 3.30. The maximum atomic E-state index is 13.1. The SMILES string of the molecule is O=C(OCC1(C(F)(F)F)CCC1)c1ccc(-c2n[nH]c(C3CC3)n2)cc1. The fraction of sp³-hybridized carbons (Fsp3) is 0.500. The molecule has 0 radical (unpaired) electrons. The van der Waals surface area contributed by atoms with Crippen LogP contribution < -0.4 is 0 Å². The van der Waals surface area contributed by atoms with Crippen LogP contribution in [0.4, 0.5) is 13.2 Å². The van der Waals surface area contributed by atoms with Gasteiger partial charge >= 0.3 is 12.1 Å². The molecule has 0 aliphatic heterocycles. The molecule has 1 aromatic carbocycles. The van der Waals surface area contributed by atoms with E-state index in [-0.39, 0.29) is 18.4 Å². The van der Waals surface area contributed by atoms with Crippen LogP contribution in [-0.4, -0.2) is 33.9 Å². The van der Waals surface area contributed by atoms with Gasteiger partial charge in [-0.1, -0.05) is 18.6 Å². The number of esters is 1. The van der Waals surface area contributed by atoms with E-state index >= 15 is 0 Å². The van der Waals surface area contributed by atoms with Crippen LogP contribution >= 0.6 is 0 Å². The zero-order valence-corrected chi connectivity index (χ0v) is 14.0. The van der Waals surface area contributed by atoms with Gasteiger partial charge in [-0.2, -0.15) is 18.3 Å². The summed E-state index contributed by atoms with van der Waals surface area (Å²) in [5.41, 5.74) is -0.931. The van der Waals surface area contributed by atoms with Gasteiger partial charge in [0, 0.05) is 11.5 Å². The molecule has 0 bridgehead atoms. The van der Waals surface area contributed by atoms with Gasteiger partial charge in [-0.15, -0.1) is 0 Å². The highest BCUT2D eigenvalue weighted by molar-refractivity contribution is 5.89. The number of nitrogens with zero attached hydrogens (tertiary/aromatic N) is 2. The summed E-state index contributed by atoms with van der Waals surface area (Å²) in [4.78, 5) is 16.5. The number of alkyl halides is 3. The number of carbonyl (C=O) groups is 1. The number of rotatable bonds is 5. The minimum absolute atomic E-state index is 0.0108. The largest absolute Gasteiger partial charge is 0.461 e. The number of nitrogens with one attached hydrogen (secondary N) is 1. The minimum Gasteiger partial charge on any atom is -0.461 e. The molecule has 0 spiro atoms. The Kier molecular flexibility index (Phi) is 4.00. The maximum absolute atomic E-state index is 13.1. The summed E-state index contributed by atoms with van der Waals surface area (Å²) in [6.07, 6.45) is -1.60. The molecular formula is C18H18F3N3O2. The number of aromatic nitrogens is 3. The van der Waals surface area contributed by atoms with Crippen molar-refractivity contribution in [3.63, 3.8) is 0 Å². The molecule has 5 nitrogen and oxygen atoms in total. The zero-order chi connectivity index (χ0) is 18.4. The molecule has 0 unspecified atom stereocenters. The van der Waals surface area contributed by atoms with Crippen LogP contribution in [-0.2, 0) is 4.74 Å². The van der Waals surface area contributed by atoms with Crippen molar-refractivity contribution in [2.24, 2.45) is 5.41 Å². The van der Waals surface area contributed by atoms with Gasteiger partial charge in [0.15, 0.2) is 5.82 Å². The van der Waals surface area contributed by atoms with Gasteiger partial charge < -0.3 is 4.74 Å². The third kappa shape index (κ3) is 3.08. The van der Waals surface area contributed by atoms with Crippen LogP contribution in [0.5, 0.6) is 0 Å². The Morgan fingerprint density at radius 2 is 1.92 bits per heavy atom. The molecule has 4 rings (SSSR count). The number of halogens is 3. The zero-order valence-electron chi connectivity index (χ0n) is 14.0. The van der Waals surface area contributed by atoms with Gasteiger partial charge in [-0.05, 0) is 37.8 Å². The Bertz CT molecular complexity index is 806. The van der Waals surface area contributed by atoms with Crippen molar-refractivity contribution in [1.82, 2.24) is 15.2 Å². The predicted molar refractivity (Wildman–Crippen MR) is 86.4 cm³/mol. The van der Waals surface area contributed by atoms with E-state index < -0.39 is 24.2 Å². The number of hydrogen-bond acceptors (Lipinski definition) is 4. The Morgan fingerprint density at radius 3 is 2.46 bits per heavy atom. The van der Waals surface area contributed by atoms with Gasteiger partial charge in [0.05, 0.1) is 5.56 Å². The number of hydrogen-bond donors (Lipinski definition) is 1. The first-order valence-corrected chi connectivity index (χ1v) is 8.65. The van der Waals surface area contributed by atoms with E-state index in [0.717, 1.165) is 24.2 Å². The molecule has 2 fully saturated rings. The highest BCUT2D eigenvalue weighted by Gasteiger charge is 2.59. The van der Waals surface area contributed by atoms with Crippen LogP contribution in [0.25, 0.3) is 11.4 Å². The first-order valence-electron chi connectivity index (χ1n) is 8.65. The molecule has 8 heteroatoms. The minimum atomic E-state index is -4.35. The second-order valence-electron chi connectivity index (χ2n) is 7.10. The molecule has 26 heavy (non-hydrogen) atoms. The second kappa shape index (κ2) is 6.10. The number of ether oxygens (including phenoxy) is 1. The van der Waals surface area contributed by atoms with E-state index in [2.05, 4.69) is 15.2 Å². The van der Waals surface area contributed by atoms with Gasteiger partial charge in [0.25, 0.3) is 0 Å². The normalized spacial score (nSPS) is 19.0. The number of carbonyl (C=O) groups excluding carboxylic acids is 1. The smallest absolute Gasteiger partial charge is 0.397 e. The Hall–Kier alpha value is -2.38. The lowest BCUT2D eigenvalue weighted by Crippen LogP contribution is -2.47. The third-order valence-corrected chi connectivity index (χ3v) is 5.24. The molecule has 1 aromatic heterocycles. The molecule has 0 saturated heterocycles. The van der Waals surface area contributed by atoms with E-state index in [1.807, 2.05) is 0 Å². The first kappa shape index (κ1) is 17.1. The molecule has 0 amide bonds. The lowest BCUT2D eigenvalue weighted by molar-refractivity contribution is -0.261.